The Morgan fingerprint density at radius 1 is 1.04 bits per heavy atom. The fourth-order valence-corrected chi connectivity index (χ4v) is 3.56. The first-order valence-electron chi connectivity index (χ1n) is 8.57. The lowest BCUT2D eigenvalue weighted by Gasteiger charge is -2.10. The summed E-state index contributed by atoms with van der Waals surface area (Å²) in [6, 6.07) is 18.3. The molecule has 0 aliphatic rings. The van der Waals surface area contributed by atoms with E-state index in [-0.39, 0.29) is 6.42 Å². The number of aromatic nitrogens is 3. The van der Waals surface area contributed by atoms with Crippen molar-refractivity contribution in [2.24, 2.45) is 0 Å². The van der Waals surface area contributed by atoms with E-state index in [1.807, 2.05) is 30.3 Å². The fraction of sp³-hybridized carbons (Fsp3) is 0.250. The number of hydrogen-bond acceptors (Lipinski definition) is 4. The largest absolute Gasteiger partial charge is 0.481 e. The van der Waals surface area contributed by atoms with Crippen molar-refractivity contribution in [1.82, 2.24) is 14.8 Å². The van der Waals surface area contributed by atoms with Crippen LogP contribution in [-0.4, -0.2) is 31.6 Å². The highest BCUT2D eigenvalue weighted by atomic mass is 32.2. The van der Waals surface area contributed by atoms with Crippen LogP contribution in [0.5, 0.6) is 0 Å². The van der Waals surface area contributed by atoms with Gasteiger partial charge < -0.3 is 5.11 Å². The molecule has 0 amide bonds. The van der Waals surface area contributed by atoms with Crippen LogP contribution in [0.25, 0.3) is 17.1 Å². The van der Waals surface area contributed by atoms with E-state index in [0.29, 0.717) is 6.42 Å². The Hall–Kier alpha value is -2.60. The number of unbranched alkanes of at least 4 members (excludes halogenated alkanes) is 1. The summed E-state index contributed by atoms with van der Waals surface area (Å²) in [6.07, 6.45) is 1.71. The molecule has 3 rings (SSSR count). The lowest BCUT2D eigenvalue weighted by atomic mass is 10.1. The summed E-state index contributed by atoms with van der Waals surface area (Å²) in [6.45, 7) is 2.06. The Morgan fingerprint density at radius 2 is 1.77 bits per heavy atom. The van der Waals surface area contributed by atoms with Gasteiger partial charge in [0.1, 0.15) is 0 Å². The zero-order valence-corrected chi connectivity index (χ0v) is 15.4. The SMILES string of the molecule is Cc1ccc(-c2nnc(SCCCCC(=O)O)n2-c2ccccc2)cc1. The average Bonchev–Trinajstić information content (AvgIpc) is 3.06. The smallest absolute Gasteiger partial charge is 0.303 e. The van der Waals surface area contributed by atoms with Crippen LogP contribution < -0.4 is 0 Å². The molecule has 0 radical (unpaired) electrons. The Bertz CT molecular complexity index is 861. The molecule has 0 fully saturated rings. The van der Waals surface area contributed by atoms with E-state index in [1.54, 1.807) is 11.8 Å². The number of carbonyl (C=O) groups is 1. The third kappa shape index (κ3) is 4.52. The predicted octanol–water partition coefficient (Wildman–Crippen LogP) is 4.59. The maximum atomic E-state index is 10.6. The van der Waals surface area contributed by atoms with E-state index in [1.165, 1.54) is 5.56 Å². The minimum atomic E-state index is -0.746. The summed E-state index contributed by atoms with van der Waals surface area (Å²) in [5.74, 6) is 0.875. The van der Waals surface area contributed by atoms with Crippen molar-refractivity contribution in [3.8, 4) is 17.1 Å². The molecular formula is C20H21N3O2S. The number of para-hydroxylation sites is 1. The van der Waals surface area contributed by atoms with Gasteiger partial charge in [0.15, 0.2) is 11.0 Å². The van der Waals surface area contributed by atoms with Crippen LogP contribution in [0.2, 0.25) is 0 Å². The van der Waals surface area contributed by atoms with Gasteiger partial charge in [-0.1, -0.05) is 59.8 Å². The van der Waals surface area contributed by atoms with Gasteiger partial charge >= 0.3 is 5.97 Å². The van der Waals surface area contributed by atoms with Crippen molar-refractivity contribution in [1.29, 1.82) is 0 Å². The maximum Gasteiger partial charge on any atom is 0.303 e. The second-order valence-corrected chi connectivity index (χ2v) is 7.10. The first-order chi connectivity index (χ1) is 12.6. The maximum absolute atomic E-state index is 10.6. The molecule has 1 N–H and O–H groups in total. The Balaban J connectivity index is 1.85. The summed E-state index contributed by atoms with van der Waals surface area (Å²) < 4.78 is 2.06. The average molecular weight is 367 g/mol. The van der Waals surface area contributed by atoms with Gasteiger partial charge in [0.05, 0.1) is 0 Å². The van der Waals surface area contributed by atoms with Gasteiger partial charge in [-0.25, -0.2) is 0 Å². The molecule has 134 valence electrons. The van der Waals surface area contributed by atoms with Crippen molar-refractivity contribution in [2.45, 2.75) is 31.3 Å². The first-order valence-corrected chi connectivity index (χ1v) is 9.56. The van der Waals surface area contributed by atoms with Gasteiger partial charge in [0, 0.05) is 23.4 Å². The molecule has 0 aliphatic heterocycles. The topological polar surface area (TPSA) is 68.0 Å². The second kappa shape index (κ2) is 8.67. The molecular weight excluding hydrogens is 346 g/mol. The van der Waals surface area contributed by atoms with Crippen LogP contribution >= 0.6 is 11.8 Å². The monoisotopic (exact) mass is 367 g/mol. The van der Waals surface area contributed by atoms with E-state index in [4.69, 9.17) is 5.11 Å². The molecule has 26 heavy (non-hydrogen) atoms. The molecule has 3 aromatic rings. The van der Waals surface area contributed by atoms with E-state index >= 15 is 0 Å². The number of aryl methyl sites for hydroxylation is 1. The van der Waals surface area contributed by atoms with Crippen LogP contribution in [0.3, 0.4) is 0 Å². The molecule has 0 aliphatic carbocycles. The second-order valence-electron chi connectivity index (χ2n) is 6.04. The number of thioether (sulfide) groups is 1. The Morgan fingerprint density at radius 3 is 2.46 bits per heavy atom. The quantitative estimate of drug-likeness (QED) is 0.466. The van der Waals surface area contributed by atoms with Crippen LogP contribution in [0, 0.1) is 6.92 Å². The van der Waals surface area contributed by atoms with Crippen LogP contribution in [0.1, 0.15) is 24.8 Å². The van der Waals surface area contributed by atoms with Gasteiger partial charge in [-0.05, 0) is 31.9 Å². The molecule has 0 spiro atoms. The minimum Gasteiger partial charge on any atom is -0.481 e. The van der Waals surface area contributed by atoms with Crippen LogP contribution in [0.4, 0.5) is 0 Å². The van der Waals surface area contributed by atoms with E-state index in [2.05, 4.69) is 46.0 Å². The van der Waals surface area contributed by atoms with Crippen LogP contribution in [0.15, 0.2) is 59.8 Å². The molecule has 0 atom stereocenters. The van der Waals surface area contributed by atoms with Gasteiger partial charge in [-0.15, -0.1) is 10.2 Å². The van der Waals surface area contributed by atoms with E-state index in [9.17, 15) is 4.79 Å². The highest BCUT2D eigenvalue weighted by Gasteiger charge is 2.15. The number of carboxylic acid groups (broad SMARTS) is 1. The normalized spacial score (nSPS) is 10.8. The van der Waals surface area contributed by atoms with Crippen molar-refractivity contribution in [2.75, 3.05) is 5.75 Å². The van der Waals surface area contributed by atoms with E-state index < -0.39 is 5.97 Å². The number of benzene rings is 2. The van der Waals surface area contributed by atoms with Crippen molar-refractivity contribution < 1.29 is 9.90 Å². The lowest BCUT2D eigenvalue weighted by Crippen LogP contribution is -2.00. The Labute approximate surface area is 157 Å². The summed E-state index contributed by atoms with van der Waals surface area (Å²) in [4.78, 5) is 10.6. The van der Waals surface area contributed by atoms with Gasteiger partial charge in [0.25, 0.3) is 0 Å². The van der Waals surface area contributed by atoms with E-state index in [0.717, 1.165) is 34.4 Å². The summed E-state index contributed by atoms with van der Waals surface area (Å²) >= 11 is 1.61. The summed E-state index contributed by atoms with van der Waals surface area (Å²) in [7, 11) is 0. The molecule has 2 aromatic carbocycles. The third-order valence-corrected chi connectivity index (χ3v) is 4.99. The zero-order valence-electron chi connectivity index (χ0n) is 14.6. The highest BCUT2D eigenvalue weighted by Crippen LogP contribution is 2.28. The number of rotatable bonds is 8. The number of nitrogens with zero attached hydrogens (tertiary/aromatic N) is 3. The molecule has 6 heteroatoms. The van der Waals surface area contributed by atoms with Crippen molar-refractivity contribution >= 4 is 17.7 Å². The van der Waals surface area contributed by atoms with Gasteiger partial charge in [0.2, 0.25) is 0 Å². The number of aliphatic carboxylic acids is 1. The Kier molecular flexibility index (Phi) is 6.07. The minimum absolute atomic E-state index is 0.209. The molecule has 0 unspecified atom stereocenters. The number of hydrogen-bond donors (Lipinski definition) is 1. The van der Waals surface area contributed by atoms with Crippen LogP contribution in [-0.2, 0) is 4.79 Å². The van der Waals surface area contributed by atoms with Crippen molar-refractivity contribution in [3.05, 3.63) is 60.2 Å². The summed E-state index contributed by atoms with van der Waals surface area (Å²) in [5.41, 5.74) is 3.23. The van der Waals surface area contributed by atoms with Gasteiger partial charge in [-0.2, -0.15) is 0 Å². The van der Waals surface area contributed by atoms with Crippen molar-refractivity contribution in [3.63, 3.8) is 0 Å². The molecule has 1 heterocycles. The highest BCUT2D eigenvalue weighted by molar-refractivity contribution is 7.99. The number of carboxylic acids is 1. The third-order valence-electron chi connectivity index (χ3n) is 3.97. The fourth-order valence-electron chi connectivity index (χ4n) is 2.60. The molecule has 0 saturated heterocycles. The summed E-state index contributed by atoms with van der Waals surface area (Å²) in [5, 5.41) is 18.4. The lowest BCUT2D eigenvalue weighted by molar-refractivity contribution is -0.137. The zero-order chi connectivity index (χ0) is 18.4. The molecule has 0 bridgehead atoms. The first kappa shape index (κ1) is 18.2. The predicted molar refractivity (Wildman–Crippen MR) is 104 cm³/mol. The standard InChI is InChI=1S/C20H21N3O2S/c1-15-10-12-16(13-11-15)19-21-22-20(26-14-6-5-9-18(24)25)23(19)17-7-3-2-4-8-17/h2-4,7-8,10-13H,5-6,9,14H2,1H3,(H,24,25). The molecule has 0 saturated carbocycles. The van der Waals surface area contributed by atoms with Gasteiger partial charge in [-0.3, -0.25) is 9.36 Å². The molecule has 5 nitrogen and oxygen atoms in total. The molecule has 1 aromatic heterocycles.